The van der Waals surface area contributed by atoms with Gasteiger partial charge in [0.25, 0.3) is 0 Å². The van der Waals surface area contributed by atoms with E-state index in [9.17, 15) is 9.59 Å². The molecule has 0 saturated carbocycles. The third-order valence-electron chi connectivity index (χ3n) is 6.59. The van der Waals surface area contributed by atoms with Crippen LogP contribution in [0.25, 0.3) is 11.0 Å². The molecular formula is C28H29N3O3. The van der Waals surface area contributed by atoms with Crippen LogP contribution in [-0.4, -0.2) is 33.0 Å². The van der Waals surface area contributed by atoms with Crippen LogP contribution in [0.5, 0.6) is 5.75 Å². The van der Waals surface area contributed by atoms with Crippen molar-refractivity contribution in [2.45, 2.75) is 39.0 Å². The van der Waals surface area contributed by atoms with Gasteiger partial charge in [0, 0.05) is 32.6 Å². The van der Waals surface area contributed by atoms with E-state index in [-0.39, 0.29) is 17.6 Å². The van der Waals surface area contributed by atoms with Gasteiger partial charge in [-0.05, 0) is 48.2 Å². The van der Waals surface area contributed by atoms with Gasteiger partial charge in [0.2, 0.25) is 5.91 Å². The van der Waals surface area contributed by atoms with Crippen LogP contribution in [0.4, 0.5) is 0 Å². The van der Waals surface area contributed by atoms with Crippen LogP contribution >= 0.6 is 0 Å². The molecule has 3 aromatic carbocycles. The highest BCUT2D eigenvalue weighted by atomic mass is 16.5. The first kappa shape index (κ1) is 22.2. The Balaban J connectivity index is 1.21. The van der Waals surface area contributed by atoms with Crippen LogP contribution in [0.2, 0.25) is 0 Å². The van der Waals surface area contributed by atoms with Crippen molar-refractivity contribution < 1.29 is 9.53 Å². The van der Waals surface area contributed by atoms with E-state index < -0.39 is 0 Å². The third kappa shape index (κ3) is 4.54. The van der Waals surface area contributed by atoms with Gasteiger partial charge in [0.05, 0.1) is 11.0 Å². The van der Waals surface area contributed by atoms with Crippen molar-refractivity contribution in [1.82, 2.24) is 14.0 Å². The SMILES string of the molecule is CC(=O)n1c(=O)n(C2CCN(Cc3ccc(OCc4ccccc4)cc3)CC2)c2ccccc21. The predicted octanol–water partition coefficient (Wildman–Crippen LogP) is 4.88. The summed E-state index contributed by atoms with van der Waals surface area (Å²) in [7, 11) is 0. The molecule has 0 aliphatic carbocycles. The maximum atomic E-state index is 13.1. The molecule has 0 atom stereocenters. The van der Waals surface area contributed by atoms with E-state index in [0.29, 0.717) is 12.1 Å². The molecule has 1 fully saturated rings. The van der Waals surface area contributed by atoms with E-state index in [0.717, 1.165) is 49.3 Å². The first-order chi connectivity index (χ1) is 16.6. The normalized spacial score (nSPS) is 15.0. The number of fused-ring (bicyclic) bond motifs is 1. The summed E-state index contributed by atoms with van der Waals surface area (Å²) in [4.78, 5) is 27.6. The fraction of sp³-hybridized carbons (Fsp3) is 0.286. The minimum absolute atomic E-state index is 0.100. The predicted molar refractivity (Wildman–Crippen MR) is 133 cm³/mol. The Morgan fingerprint density at radius 1 is 0.853 bits per heavy atom. The van der Waals surface area contributed by atoms with Crippen LogP contribution in [0, 0.1) is 0 Å². The van der Waals surface area contributed by atoms with Crippen molar-refractivity contribution in [1.29, 1.82) is 0 Å². The summed E-state index contributed by atoms with van der Waals surface area (Å²) in [6, 6.07) is 26.1. The number of likely N-dealkylation sites (tertiary alicyclic amines) is 1. The second-order valence-electron chi connectivity index (χ2n) is 8.92. The molecule has 0 N–H and O–H groups in total. The topological polar surface area (TPSA) is 56.5 Å². The summed E-state index contributed by atoms with van der Waals surface area (Å²) >= 11 is 0. The monoisotopic (exact) mass is 455 g/mol. The van der Waals surface area contributed by atoms with Gasteiger partial charge in [-0.1, -0.05) is 54.6 Å². The molecule has 0 unspecified atom stereocenters. The smallest absolute Gasteiger partial charge is 0.336 e. The molecule has 174 valence electrons. The van der Waals surface area contributed by atoms with Crippen LogP contribution < -0.4 is 10.4 Å². The van der Waals surface area contributed by atoms with E-state index in [1.807, 2.05) is 59.2 Å². The Morgan fingerprint density at radius 3 is 2.18 bits per heavy atom. The zero-order chi connectivity index (χ0) is 23.5. The van der Waals surface area contributed by atoms with Crippen LogP contribution in [0.1, 0.15) is 41.7 Å². The molecule has 34 heavy (non-hydrogen) atoms. The summed E-state index contributed by atoms with van der Waals surface area (Å²) in [6.45, 7) is 4.69. The van der Waals surface area contributed by atoms with Gasteiger partial charge in [-0.2, -0.15) is 0 Å². The average molecular weight is 456 g/mol. The molecule has 5 rings (SSSR count). The molecule has 1 saturated heterocycles. The van der Waals surface area contributed by atoms with Gasteiger partial charge in [0.15, 0.2) is 0 Å². The zero-order valence-corrected chi connectivity index (χ0v) is 19.4. The fourth-order valence-corrected chi connectivity index (χ4v) is 4.85. The molecule has 4 aromatic rings. The Labute approximate surface area is 199 Å². The Hall–Kier alpha value is -3.64. The molecule has 0 bridgehead atoms. The lowest BCUT2D eigenvalue weighted by atomic mass is 10.0. The highest BCUT2D eigenvalue weighted by Gasteiger charge is 2.26. The van der Waals surface area contributed by atoms with E-state index in [2.05, 4.69) is 29.2 Å². The van der Waals surface area contributed by atoms with Gasteiger partial charge in [-0.3, -0.25) is 14.3 Å². The number of benzene rings is 3. The molecular weight excluding hydrogens is 426 g/mol. The quantitative estimate of drug-likeness (QED) is 0.416. The molecule has 2 heterocycles. The molecule has 1 aromatic heterocycles. The number of nitrogens with zero attached hydrogens (tertiary/aromatic N) is 3. The summed E-state index contributed by atoms with van der Waals surface area (Å²) in [6.07, 6.45) is 1.76. The van der Waals surface area contributed by atoms with Crippen molar-refractivity contribution in [3.63, 3.8) is 0 Å². The number of aromatic nitrogens is 2. The van der Waals surface area contributed by atoms with Gasteiger partial charge < -0.3 is 4.74 Å². The number of carbonyl (C=O) groups is 1. The molecule has 1 aliphatic rings. The van der Waals surface area contributed by atoms with Crippen LogP contribution in [0.3, 0.4) is 0 Å². The number of piperidine rings is 1. The summed E-state index contributed by atoms with van der Waals surface area (Å²) in [5.74, 6) is 0.626. The highest BCUT2D eigenvalue weighted by Crippen LogP contribution is 2.27. The lowest BCUT2D eigenvalue weighted by Crippen LogP contribution is -2.38. The second kappa shape index (κ2) is 9.69. The average Bonchev–Trinajstić information content (AvgIpc) is 3.17. The highest BCUT2D eigenvalue weighted by molar-refractivity contribution is 5.89. The van der Waals surface area contributed by atoms with Crippen molar-refractivity contribution in [3.8, 4) is 5.75 Å². The van der Waals surface area contributed by atoms with Gasteiger partial charge in [-0.15, -0.1) is 0 Å². The lowest BCUT2D eigenvalue weighted by molar-refractivity contribution is 0.0935. The molecule has 6 nitrogen and oxygen atoms in total. The maximum absolute atomic E-state index is 13.1. The zero-order valence-electron chi connectivity index (χ0n) is 19.4. The molecule has 0 radical (unpaired) electrons. The maximum Gasteiger partial charge on any atom is 0.336 e. The molecule has 6 heteroatoms. The van der Waals surface area contributed by atoms with E-state index >= 15 is 0 Å². The largest absolute Gasteiger partial charge is 0.489 e. The lowest BCUT2D eigenvalue weighted by Gasteiger charge is -2.32. The van der Waals surface area contributed by atoms with Crippen molar-refractivity contribution in [3.05, 3.63) is 100 Å². The van der Waals surface area contributed by atoms with Gasteiger partial charge in [-0.25, -0.2) is 9.36 Å². The first-order valence-corrected chi connectivity index (χ1v) is 11.8. The number of hydrogen-bond donors (Lipinski definition) is 0. The first-order valence-electron chi connectivity index (χ1n) is 11.8. The number of rotatable bonds is 6. The summed E-state index contributed by atoms with van der Waals surface area (Å²) in [5.41, 5.74) is 3.71. The minimum atomic E-state index is -0.242. The Morgan fingerprint density at radius 2 is 1.50 bits per heavy atom. The Kier molecular flexibility index (Phi) is 6.32. The van der Waals surface area contributed by atoms with Crippen LogP contribution in [-0.2, 0) is 13.2 Å². The standard InChI is InChI=1S/C28H29N3O3/c1-21(32)30-26-9-5-6-10-27(26)31(28(30)33)24-15-17-29(18-16-24)19-22-11-13-25(14-12-22)34-20-23-7-3-2-4-8-23/h2-14,24H,15-20H2,1H3. The van der Waals surface area contributed by atoms with E-state index in [1.165, 1.54) is 17.1 Å². The molecule has 0 amide bonds. The van der Waals surface area contributed by atoms with Crippen LogP contribution in [0.15, 0.2) is 83.7 Å². The number of hydrogen-bond acceptors (Lipinski definition) is 4. The minimum Gasteiger partial charge on any atom is -0.489 e. The van der Waals surface area contributed by atoms with Crippen molar-refractivity contribution >= 4 is 16.9 Å². The number of carbonyl (C=O) groups excluding carboxylic acids is 1. The summed E-state index contributed by atoms with van der Waals surface area (Å²) < 4.78 is 9.01. The number of imidazole rings is 1. The molecule has 0 spiro atoms. The molecule has 1 aliphatic heterocycles. The van der Waals surface area contributed by atoms with Crippen molar-refractivity contribution in [2.24, 2.45) is 0 Å². The Bertz CT molecular complexity index is 1330. The van der Waals surface area contributed by atoms with Crippen molar-refractivity contribution in [2.75, 3.05) is 13.1 Å². The fourth-order valence-electron chi connectivity index (χ4n) is 4.85. The van der Waals surface area contributed by atoms with E-state index in [4.69, 9.17) is 4.74 Å². The summed E-state index contributed by atoms with van der Waals surface area (Å²) in [5, 5.41) is 0. The van der Waals surface area contributed by atoms with E-state index in [1.54, 1.807) is 0 Å². The number of para-hydroxylation sites is 2. The van der Waals surface area contributed by atoms with Gasteiger partial charge in [0.1, 0.15) is 12.4 Å². The van der Waals surface area contributed by atoms with Gasteiger partial charge >= 0.3 is 5.69 Å². The third-order valence-corrected chi connectivity index (χ3v) is 6.59. The number of ether oxygens (including phenoxy) is 1. The second-order valence-corrected chi connectivity index (χ2v) is 8.92.